The Morgan fingerprint density at radius 2 is 1.88 bits per heavy atom. The van der Waals surface area contributed by atoms with Crippen LogP contribution < -0.4 is 5.32 Å². The highest BCUT2D eigenvalue weighted by Gasteiger charge is 2.28. The molecular formula is C19H28N2O4S. The molecule has 144 valence electrons. The summed E-state index contributed by atoms with van der Waals surface area (Å²) in [6.45, 7) is 5.82. The molecule has 1 saturated heterocycles. The van der Waals surface area contributed by atoms with Crippen LogP contribution in [0.25, 0.3) is 0 Å². The highest BCUT2D eigenvalue weighted by Crippen LogP contribution is 2.37. The van der Waals surface area contributed by atoms with Gasteiger partial charge in [-0.25, -0.2) is 4.79 Å². The Morgan fingerprint density at radius 1 is 1.19 bits per heavy atom. The Hall–Kier alpha value is -1.44. The second-order valence-electron chi connectivity index (χ2n) is 7.26. The van der Waals surface area contributed by atoms with E-state index in [9.17, 15) is 9.59 Å². The van der Waals surface area contributed by atoms with Gasteiger partial charge in [-0.3, -0.25) is 9.69 Å². The number of fused-ring (bicyclic) bond motifs is 1. The van der Waals surface area contributed by atoms with E-state index in [0.29, 0.717) is 17.1 Å². The Balaban J connectivity index is 1.74. The van der Waals surface area contributed by atoms with Gasteiger partial charge in [0.1, 0.15) is 5.00 Å². The number of nitrogens with zero attached hydrogens (tertiary/aromatic N) is 1. The van der Waals surface area contributed by atoms with Crippen LogP contribution in [-0.2, 0) is 27.1 Å². The number of aryl methyl sites for hydroxylation is 1. The first kappa shape index (κ1) is 19.3. The van der Waals surface area contributed by atoms with Gasteiger partial charge in [0.15, 0.2) is 0 Å². The summed E-state index contributed by atoms with van der Waals surface area (Å²) in [4.78, 5) is 28.3. The molecule has 26 heavy (non-hydrogen) atoms. The van der Waals surface area contributed by atoms with E-state index >= 15 is 0 Å². The molecule has 2 aliphatic rings. The minimum atomic E-state index is -0.353. The summed E-state index contributed by atoms with van der Waals surface area (Å²) < 4.78 is 10.7. The van der Waals surface area contributed by atoms with E-state index in [2.05, 4.69) is 10.2 Å². The van der Waals surface area contributed by atoms with E-state index in [0.717, 1.165) is 44.3 Å². The fourth-order valence-electron chi connectivity index (χ4n) is 3.93. The molecule has 1 fully saturated rings. The van der Waals surface area contributed by atoms with Crippen molar-refractivity contribution in [3.05, 3.63) is 16.0 Å². The molecule has 1 aliphatic heterocycles. The van der Waals surface area contributed by atoms with E-state index < -0.39 is 0 Å². The Morgan fingerprint density at radius 3 is 2.58 bits per heavy atom. The summed E-state index contributed by atoms with van der Waals surface area (Å²) in [5, 5.41) is 3.62. The quantitative estimate of drug-likeness (QED) is 0.643. The number of ether oxygens (including phenoxy) is 2. The average Bonchev–Trinajstić information content (AvgIpc) is 2.74. The number of anilines is 1. The molecule has 1 N–H and O–H groups in total. The number of carbonyl (C=O) groups excluding carboxylic acids is 2. The van der Waals surface area contributed by atoms with Crippen LogP contribution in [-0.4, -0.2) is 55.7 Å². The first-order chi connectivity index (χ1) is 12.5. The highest BCUT2D eigenvalue weighted by molar-refractivity contribution is 7.17. The van der Waals surface area contributed by atoms with Crippen LogP contribution >= 0.6 is 11.3 Å². The molecule has 1 aromatic heterocycles. The van der Waals surface area contributed by atoms with Crippen molar-refractivity contribution in [3.63, 3.8) is 0 Å². The largest absolute Gasteiger partial charge is 0.465 e. The van der Waals surface area contributed by atoms with Crippen molar-refractivity contribution in [3.8, 4) is 0 Å². The zero-order valence-corrected chi connectivity index (χ0v) is 16.6. The van der Waals surface area contributed by atoms with E-state index in [-0.39, 0.29) is 24.1 Å². The Bertz CT molecular complexity index is 663. The van der Waals surface area contributed by atoms with Gasteiger partial charge >= 0.3 is 5.97 Å². The van der Waals surface area contributed by atoms with Gasteiger partial charge < -0.3 is 14.8 Å². The fourth-order valence-corrected chi connectivity index (χ4v) is 5.23. The number of methoxy groups -OCH3 is 1. The lowest BCUT2D eigenvalue weighted by Gasteiger charge is -2.34. The number of morpholine rings is 1. The molecule has 0 bridgehead atoms. The lowest BCUT2D eigenvalue weighted by molar-refractivity contribution is -0.121. The SMILES string of the molecule is COC(=O)c1c(NC(=O)CN2CC(C)OC(C)C2)sc2c1CCCCC2. The molecule has 0 saturated carbocycles. The summed E-state index contributed by atoms with van der Waals surface area (Å²) in [5.74, 6) is -0.443. The van der Waals surface area contributed by atoms with Gasteiger partial charge in [-0.05, 0) is 45.1 Å². The third-order valence-electron chi connectivity index (χ3n) is 4.93. The molecule has 0 radical (unpaired) electrons. The third kappa shape index (κ3) is 4.45. The third-order valence-corrected chi connectivity index (χ3v) is 6.13. The van der Waals surface area contributed by atoms with E-state index in [1.165, 1.54) is 29.7 Å². The number of esters is 1. The topological polar surface area (TPSA) is 67.9 Å². The van der Waals surface area contributed by atoms with Crippen LogP contribution in [0.1, 0.15) is 53.9 Å². The number of carbonyl (C=O) groups is 2. The van der Waals surface area contributed by atoms with Gasteiger partial charge in [0, 0.05) is 18.0 Å². The second kappa shape index (κ2) is 8.50. The van der Waals surface area contributed by atoms with Crippen LogP contribution in [0.3, 0.4) is 0 Å². The molecule has 3 rings (SSSR count). The summed E-state index contributed by atoms with van der Waals surface area (Å²) >= 11 is 1.53. The van der Waals surface area contributed by atoms with Crippen molar-refractivity contribution in [1.29, 1.82) is 0 Å². The maximum absolute atomic E-state index is 12.6. The average molecular weight is 381 g/mol. The van der Waals surface area contributed by atoms with Gasteiger partial charge in [-0.15, -0.1) is 11.3 Å². The number of hydrogen-bond acceptors (Lipinski definition) is 6. The van der Waals surface area contributed by atoms with E-state index in [4.69, 9.17) is 9.47 Å². The molecule has 1 aromatic rings. The van der Waals surface area contributed by atoms with Gasteiger partial charge in [-0.2, -0.15) is 0 Å². The monoisotopic (exact) mass is 380 g/mol. The molecule has 7 heteroatoms. The van der Waals surface area contributed by atoms with E-state index in [1.54, 1.807) is 0 Å². The molecule has 2 atom stereocenters. The summed E-state index contributed by atoms with van der Waals surface area (Å²) in [6, 6.07) is 0. The first-order valence-electron chi connectivity index (χ1n) is 9.38. The molecule has 2 unspecified atom stereocenters. The normalized spacial score (nSPS) is 23.8. The predicted octanol–water partition coefficient (Wildman–Crippen LogP) is 2.85. The van der Waals surface area contributed by atoms with Crippen molar-refractivity contribution in [2.24, 2.45) is 0 Å². The number of rotatable bonds is 4. The minimum Gasteiger partial charge on any atom is -0.465 e. The van der Waals surface area contributed by atoms with Gasteiger partial charge in [0.05, 0.1) is 31.4 Å². The summed E-state index contributed by atoms with van der Waals surface area (Å²) in [5.41, 5.74) is 1.63. The van der Waals surface area contributed by atoms with Crippen molar-refractivity contribution >= 4 is 28.2 Å². The number of thiophene rings is 1. The van der Waals surface area contributed by atoms with Crippen LogP contribution in [0.2, 0.25) is 0 Å². The standard InChI is InChI=1S/C19H28N2O4S/c1-12-9-21(10-13(2)25-12)11-16(22)20-18-17(19(23)24-3)14-7-5-4-6-8-15(14)26-18/h12-13H,4-11H2,1-3H3,(H,20,22). The Labute approximate surface area is 158 Å². The second-order valence-corrected chi connectivity index (χ2v) is 8.36. The van der Waals surface area contributed by atoms with Crippen LogP contribution in [0.4, 0.5) is 5.00 Å². The minimum absolute atomic E-state index is 0.0899. The maximum atomic E-state index is 12.6. The van der Waals surface area contributed by atoms with Crippen LogP contribution in [0, 0.1) is 0 Å². The number of hydrogen-bond donors (Lipinski definition) is 1. The molecule has 0 spiro atoms. The first-order valence-corrected chi connectivity index (χ1v) is 10.2. The maximum Gasteiger partial charge on any atom is 0.341 e. The van der Waals surface area contributed by atoms with Gasteiger partial charge in [0.25, 0.3) is 0 Å². The van der Waals surface area contributed by atoms with Gasteiger partial charge in [0.2, 0.25) is 5.91 Å². The predicted molar refractivity (Wildman–Crippen MR) is 102 cm³/mol. The number of nitrogens with one attached hydrogen (secondary N) is 1. The van der Waals surface area contributed by atoms with E-state index in [1.807, 2.05) is 13.8 Å². The molecule has 0 aromatic carbocycles. The molecule has 2 heterocycles. The van der Waals surface area contributed by atoms with Crippen molar-refractivity contribution in [2.75, 3.05) is 32.1 Å². The van der Waals surface area contributed by atoms with Gasteiger partial charge in [-0.1, -0.05) is 6.42 Å². The Kier molecular flexibility index (Phi) is 6.32. The van der Waals surface area contributed by atoms with Crippen molar-refractivity contribution < 1.29 is 19.1 Å². The lowest BCUT2D eigenvalue weighted by Crippen LogP contribution is -2.48. The molecule has 1 amide bonds. The lowest BCUT2D eigenvalue weighted by atomic mass is 10.1. The molecule has 1 aliphatic carbocycles. The highest BCUT2D eigenvalue weighted by atomic mass is 32.1. The van der Waals surface area contributed by atoms with Crippen molar-refractivity contribution in [1.82, 2.24) is 4.90 Å². The zero-order valence-electron chi connectivity index (χ0n) is 15.8. The summed E-state index contributed by atoms with van der Waals surface area (Å²) in [6.07, 6.45) is 5.47. The zero-order chi connectivity index (χ0) is 18.7. The molecular weight excluding hydrogens is 352 g/mol. The molecule has 6 nitrogen and oxygen atoms in total. The van der Waals surface area contributed by atoms with Crippen LogP contribution in [0.15, 0.2) is 0 Å². The number of amides is 1. The summed E-state index contributed by atoms with van der Waals surface area (Å²) in [7, 11) is 1.39. The van der Waals surface area contributed by atoms with Crippen molar-refractivity contribution in [2.45, 2.75) is 58.2 Å². The van der Waals surface area contributed by atoms with Crippen LogP contribution in [0.5, 0.6) is 0 Å². The fraction of sp³-hybridized carbons (Fsp3) is 0.684. The smallest absolute Gasteiger partial charge is 0.341 e.